The van der Waals surface area contributed by atoms with Gasteiger partial charge in [-0.25, -0.2) is 0 Å². The summed E-state index contributed by atoms with van der Waals surface area (Å²) >= 11 is 0. The lowest BCUT2D eigenvalue weighted by atomic mass is 10.1. The van der Waals surface area contributed by atoms with E-state index in [9.17, 15) is 9.90 Å². The van der Waals surface area contributed by atoms with Crippen molar-refractivity contribution in [3.8, 4) is 0 Å². The molecule has 0 aromatic rings. The molecular weight excluding hydrogens is 178 g/mol. The molecule has 72 valence electrons. The highest BCUT2D eigenvalue weighted by Gasteiger charge is 2.45. The van der Waals surface area contributed by atoms with Crippen molar-refractivity contribution in [2.75, 3.05) is 0 Å². The first kappa shape index (κ1) is 9.79. The van der Waals surface area contributed by atoms with Crippen LogP contribution in [-0.2, 0) is 9.53 Å². The maximum atomic E-state index is 10.9. The number of rotatable bonds is 2. The first-order valence-corrected chi connectivity index (χ1v) is 3.68. The molecule has 1 aliphatic heterocycles. The third-order valence-electron chi connectivity index (χ3n) is 1.81. The van der Waals surface area contributed by atoms with Gasteiger partial charge in [0.25, 0.3) is 0 Å². The summed E-state index contributed by atoms with van der Waals surface area (Å²) in [5, 5.41) is 21.5. The summed E-state index contributed by atoms with van der Waals surface area (Å²) in [5.74, 6) is -0.809. The zero-order chi connectivity index (χ0) is 10.0. The number of aliphatic hydroxyl groups excluding tert-OH is 2. The van der Waals surface area contributed by atoms with Gasteiger partial charge in [0.1, 0.15) is 6.10 Å². The van der Waals surface area contributed by atoms with Crippen LogP contribution in [0.4, 0.5) is 0 Å². The fourth-order valence-corrected chi connectivity index (χ4v) is 1.15. The number of hydrogen-bond donors (Lipinski definition) is 2. The Morgan fingerprint density at radius 2 is 2.38 bits per heavy atom. The molecule has 0 aliphatic carbocycles. The molecule has 0 radical (unpaired) electrons. The maximum Gasteiger partial charge on any atom is 0.318 e. The molecule has 0 spiro atoms. The zero-order valence-corrected chi connectivity index (χ0v) is 6.86. The van der Waals surface area contributed by atoms with E-state index in [0.29, 0.717) is 0 Å². The average Bonchev–Trinajstić information content (AvgIpc) is 2.32. The topological polar surface area (TPSA) is 116 Å². The van der Waals surface area contributed by atoms with Crippen molar-refractivity contribution in [2.45, 2.75) is 31.3 Å². The summed E-state index contributed by atoms with van der Waals surface area (Å²) in [5.41, 5.74) is 8.06. The molecule has 1 aliphatic rings. The Morgan fingerprint density at radius 1 is 1.77 bits per heavy atom. The predicted molar refractivity (Wildman–Crippen MR) is 40.5 cm³/mol. The van der Waals surface area contributed by atoms with Gasteiger partial charge >= 0.3 is 5.97 Å². The summed E-state index contributed by atoms with van der Waals surface area (Å²) < 4.78 is 4.60. The van der Waals surface area contributed by atoms with Crippen molar-refractivity contribution in [1.82, 2.24) is 0 Å². The van der Waals surface area contributed by atoms with Gasteiger partial charge in [0.15, 0.2) is 12.1 Å². The second kappa shape index (κ2) is 3.61. The highest BCUT2D eigenvalue weighted by molar-refractivity contribution is 5.79. The van der Waals surface area contributed by atoms with Crippen molar-refractivity contribution in [1.29, 1.82) is 0 Å². The third-order valence-corrected chi connectivity index (χ3v) is 1.81. The fourth-order valence-electron chi connectivity index (χ4n) is 1.15. The van der Waals surface area contributed by atoms with Crippen molar-refractivity contribution in [2.24, 2.45) is 5.11 Å². The van der Waals surface area contributed by atoms with Crippen molar-refractivity contribution >= 4 is 5.97 Å². The van der Waals surface area contributed by atoms with Crippen molar-refractivity contribution in [3.63, 3.8) is 0 Å². The first-order valence-electron chi connectivity index (χ1n) is 3.68. The minimum atomic E-state index is -1.27. The summed E-state index contributed by atoms with van der Waals surface area (Å²) in [7, 11) is 0. The molecular formula is C6H9N3O4. The molecule has 0 bridgehead atoms. The number of ether oxygens (including phenoxy) is 1. The summed E-state index contributed by atoms with van der Waals surface area (Å²) in [4.78, 5) is 13.3. The summed E-state index contributed by atoms with van der Waals surface area (Å²) in [6, 6.07) is -1.25. The molecule has 7 nitrogen and oxygen atoms in total. The quantitative estimate of drug-likeness (QED) is 0.258. The Bertz CT molecular complexity index is 261. The Labute approximate surface area is 73.6 Å². The summed E-state index contributed by atoms with van der Waals surface area (Å²) in [6.45, 7) is 1.37. The predicted octanol–water partition coefficient (Wildman–Crippen LogP) is -0.668. The maximum absolute atomic E-state index is 10.9. The minimum absolute atomic E-state index is 0.809. The molecule has 0 amide bonds. The van der Waals surface area contributed by atoms with E-state index in [2.05, 4.69) is 14.8 Å². The Balaban J connectivity index is 2.80. The van der Waals surface area contributed by atoms with Gasteiger partial charge in [-0.1, -0.05) is 5.11 Å². The number of aliphatic hydroxyl groups is 2. The number of cyclic esters (lactones) is 1. The SMILES string of the molecule is C[C@H](O)[C@@H]1OC(=O)[C@H](N=[N+]=[N-])[C@@H]1O. The molecule has 1 saturated heterocycles. The van der Waals surface area contributed by atoms with Crippen LogP contribution in [0.15, 0.2) is 5.11 Å². The van der Waals surface area contributed by atoms with E-state index in [1.54, 1.807) is 0 Å². The van der Waals surface area contributed by atoms with Crippen LogP contribution < -0.4 is 0 Å². The van der Waals surface area contributed by atoms with Crippen LogP contribution in [0.3, 0.4) is 0 Å². The lowest BCUT2D eigenvalue weighted by molar-refractivity contribution is -0.146. The molecule has 2 N–H and O–H groups in total. The molecule has 0 aromatic carbocycles. The van der Waals surface area contributed by atoms with E-state index in [1.807, 2.05) is 0 Å². The monoisotopic (exact) mass is 187 g/mol. The molecule has 0 aromatic heterocycles. The second-order valence-electron chi connectivity index (χ2n) is 2.78. The molecule has 1 heterocycles. The number of carbonyl (C=O) groups excluding carboxylic acids is 1. The van der Waals surface area contributed by atoms with Gasteiger partial charge in [-0.3, -0.25) is 4.79 Å². The number of azide groups is 1. The molecule has 4 atom stereocenters. The minimum Gasteiger partial charge on any atom is -0.456 e. The number of esters is 1. The molecule has 0 unspecified atom stereocenters. The van der Waals surface area contributed by atoms with Gasteiger partial charge in [-0.15, -0.1) is 0 Å². The second-order valence-corrected chi connectivity index (χ2v) is 2.78. The Hall–Kier alpha value is -1.30. The van der Waals surface area contributed by atoms with E-state index in [4.69, 9.17) is 10.6 Å². The van der Waals surface area contributed by atoms with Crippen LogP contribution in [0, 0.1) is 0 Å². The van der Waals surface area contributed by atoms with Crippen LogP contribution in [0.1, 0.15) is 6.92 Å². The van der Waals surface area contributed by atoms with Gasteiger partial charge in [-0.05, 0) is 12.5 Å². The Morgan fingerprint density at radius 3 is 2.77 bits per heavy atom. The average molecular weight is 187 g/mol. The van der Waals surface area contributed by atoms with E-state index in [0.717, 1.165) is 0 Å². The van der Waals surface area contributed by atoms with E-state index < -0.39 is 30.3 Å². The largest absolute Gasteiger partial charge is 0.456 e. The number of carbonyl (C=O) groups is 1. The van der Waals surface area contributed by atoms with Gasteiger partial charge in [0.2, 0.25) is 0 Å². The molecule has 13 heavy (non-hydrogen) atoms. The number of nitrogens with zero attached hydrogens (tertiary/aromatic N) is 3. The van der Waals surface area contributed by atoms with Crippen LogP contribution in [0.2, 0.25) is 0 Å². The van der Waals surface area contributed by atoms with E-state index in [1.165, 1.54) is 6.92 Å². The van der Waals surface area contributed by atoms with E-state index >= 15 is 0 Å². The van der Waals surface area contributed by atoms with Gasteiger partial charge in [0, 0.05) is 4.91 Å². The van der Waals surface area contributed by atoms with Crippen LogP contribution in [-0.4, -0.2) is 40.5 Å². The summed E-state index contributed by atoms with van der Waals surface area (Å²) in [6.07, 6.45) is -3.27. The van der Waals surface area contributed by atoms with Crippen LogP contribution in [0.5, 0.6) is 0 Å². The molecule has 1 fully saturated rings. The smallest absolute Gasteiger partial charge is 0.318 e. The van der Waals surface area contributed by atoms with Gasteiger partial charge < -0.3 is 14.9 Å². The van der Waals surface area contributed by atoms with Crippen molar-refractivity contribution in [3.05, 3.63) is 10.4 Å². The number of hydrogen-bond acceptors (Lipinski definition) is 5. The standard InChI is InChI=1S/C6H9N3O4/c1-2(10)5-4(11)3(8-9-7)6(12)13-5/h2-5,10-11H,1H3/t2-,3+,4-,5-/m0/s1. The fraction of sp³-hybridized carbons (Fsp3) is 0.833. The normalized spacial score (nSPS) is 35.0. The van der Waals surface area contributed by atoms with Crippen molar-refractivity contribution < 1.29 is 19.7 Å². The molecule has 0 saturated carbocycles. The van der Waals surface area contributed by atoms with E-state index in [-0.39, 0.29) is 0 Å². The zero-order valence-electron chi connectivity index (χ0n) is 6.86. The highest BCUT2D eigenvalue weighted by atomic mass is 16.6. The lowest BCUT2D eigenvalue weighted by Gasteiger charge is -2.15. The third kappa shape index (κ3) is 1.72. The molecule has 7 heteroatoms. The van der Waals surface area contributed by atoms with Gasteiger partial charge in [0.05, 0.1) is 6.10 Å². The first-order chi connectivity index (χ1) is 6.07. The van der Waals surface area contributed by atoms with Gasteiger partial charge in [-0.2, -0.15) is 0 Å². The molecule has 1 rings (SSSR count). The van der Waals surface area contributed by atoms with Crippen LogP contribution >= 0.6 is 0 Å². The lowest BCUT2D eigenvalue weighted by Crippen LogP contribution is -2.36. The highest BCUT2D eigenvalue weighted by Crippen LogP contribution is 2.21. The Kier molecular flexibility index (Phi) is 2.72. The van der Waals surface area contributed by atoms with Crippen LogP contribution in [0.25, 0.3) is 10.4 Å².